The van der Waals surface area contributed by atoms with Crippen molar-refractivity contribution < 1.29 is 32.2 Å². The SMILES string of the molecule is Cc1c(F)c(F)c(OCCNCC(=O)O)c(F)c1F. The zero-order valence-corrected chi connectivity index (χ0v) is 9.90. The normalized spacial score (nSPS) is 10.6. The van der Waals surface area contributed by atoms with Gasteiger partial charge in [-0.2, -0.15) is 8.78 Å². The molecule has 0 amide bonds. The lowest BCUT2D eigenvalue weighted by Crippen LogP contribution is -2.27. The predicted octanol–water partition coefficient (Wildman–Crippen LogP) is 1.60. The highest BCUT2D eigenvalue weighted by atomic mass is 19.2. The summed E-state index contributed by atoms with van der Waals surface area (Å²) in [6.07, 6.45) is 0. The van der Waals surface area contributed by atoms with E-state index < -0.39 is 40.6 Å². The highest BCUT2D eigenvalue weighted by Gasteiger charge is 2.24. The van der Waals surface area contributed by atoms with E-state index in [9.17, 15) is 22.4 Å². The van der Waals surface area contributed by atoms with Crippen molar-refractivity contribution >= 4 is 5.97 Å². The van der Waals surface area contributed by atoms with Gasteiger partial charge in [-0.25, -0.2) is 8.78 Å². The summed E-state index contributed by atoms with van der Waals surface area (Å²) in [7, 11) is 0. The maximum Gasteiger partial charge on any atom is 0.317 e. The molecule has 0 aromatic heterocycles. The number of halogens is 4. The van der Waals surface area contributed by atoms with Crippen LogP contribution in [0.4, 0.5) is 17.6 Å². The average molecular weight is 281 g/mol. The second kappa shape index (κ2) is 6.37. The van der Waals surface area contributed by atoms with E-state index in [0.717, 1.165) is 6.92 Å². The summed E-state index contributed by atoms with van der Waals surface area (Å²) < 4.78 is 57.5. The zero-order valence-electron chi connectivity index (χ0n) is 9.90. The number of carbonyl (C=O) groups is 1. The third-order valence-corrected chi connectivity index (χ3v) is 2.24. The summed E-state index contributed by atoms with van der Waals surface area (Å²) in [4.78, 5) is 10.1. The first-order chi connectivity index (χ1) is 8.86. The molecule has 19 heavy (non-hydrogen) atoms. The summed E-state index contributed by atoms with van der Waals surface area (Å²) in [5, 5.41) is 10.7. The predicted molar refractivity (Wildman–Crippen MR) is 57.0 cm³/mol. The Bertz CT molecular complexity index is 464. The lowest BCUT2D eigenvalue weighted by atomic mass is 10.2. The van der Waals surface area contributed by atoms with Crippen LogP contribution in [-0.2, 0) is 4.79 Å². The molecule has 0 aliphatic heterocycles. The molecular formula is C11H11F4NO3. The first kappa shape index (κ1) is 15.2. The maximum absolute atomic E-state index is 13.3. The Morgan fingerprint density at radius 1 is 1.16 bits per heavy atom. The number of ether oxygens (including phenoxy) is 1. The maximum atomic E-state index is 13.3. The van der Waals surface area contributed by atoms with Crippen molar-refractivity contribution in [1.82, 2.24) is 5.32 Å². The fourth-order valence-electron chi connectivity index (χ4n) is 1.27. The summed E-state index contributed by atoms with van der Waals surface area (Å²) in [6.45, 7) is 0.130. The van der Waals surface area contributed by atoms with Crippen molar-refractivity contribution in [3.05, 3.63) is 28.8 Å². The minimum absolute atomic E-state index is 0.0533. The van der Waals surface area contributed by atoms with Crippen molar-refractivity contribution in [2.75, 3.05) is 19.7 Å². The van der Waals surface area contributed by atoms with Gasteiger partial charge in [0.25, 0.3) is 0 Å². The number of nitrogens with one attached hydrogen (secondary N) is 1. The van der Waals surface area contributed by atoms with Crippen LogP contribution in [0.25, 0.3) is 0 Å². The van der Waals surface area contributed by atoms with Gasteiger partial charge in [0.05, 0.1) is 6.54 Å². The largest absolute Gasteiger partial charge is 0.486 e. The van der Waals surface area contributed by atoms with Crippen LogP contribution in [0.5, 0.6) is 5.75 Å². The molecule has 1 aromatic carbocycles. The molecule has 4 nitrogen and oxygen atoms in total. The van der Waals surface area contributed by atoms with Crippen LogP contribution in [0.1, 0.15) is 5.56 Å². The molecule has 0 heterocycles. The Balaban J connectivity index is 2.71. The van der Waals surface area contributed by atoms with Gasteiger partial charge in [0.15, 0.2) is 17.4 Å². The molecule has 1 aromatic rings. The van der Waals surface area contributed by atoms with Gasteiger partial charge >= 0.3 is 5.97 Å². The Morgan fingerprint density at radius 2 is 1.68 bits per heavy atom. The van der Waals surface area contributed by atoms with Gasteiger partial charge in [-0.15, -0.1) is 0 Å². The van der Waals surface area contributed by atoms with E-state index in [2.05, 4.69) is 10.1 Å². The van der Waals surface area contributed by atoms with Crippen molar-refractivity contribution in [2.45, 2.75) is 6.92 Å². The lowest BCUT2D eigenvalue weighted by Gasteiger charge is -2.11. The van der Waals surface area contributed by atoms with Gasteiger partial charge in [0, 0.05) is 12.1 Å². The number of rotatable bonds is 6. The molecular weight excluding hydrogens is 270 g/mol. The summed E-state index contributed by atoms with van der Waals surface area (Å²) in [5.74, 6) is -8.55. The molecule has 0 saturated heterocycles. The molecule has 0 unspecified atom stereocenters. The Morgan fingerprint density at radius 3 is 2.16 bits per heavy atom. The standard InChI is InChI=1S/C11H11F4NO3/c1-5-7(12)9(14)11(10(15)8(5)13)19-3-2-16-4-6(17)18/h16H,2-4H2,1H3,(H,17,18). The van der Waals surface area contributed by atoms with Gasteiger partial charge in [-0.05, 0) is 6.92 Å². The van der Waals surface area contributed by atoms with Crippen molar-refractivity contribution in [2.24, 2.45) is 0 Å². The van der Waals surface area contributed by atoms with E-state index in [-0.39, 0.29) is 19.7 Å². The highest BCUT2D eigenvalue weighted by molar-refractivity contribution is 5.68. The Hall–Kier alpha value is -1.83. The fraction of sp³-hybridized carbons (Fsp3) is 0.364. The van der Waals surface area contributed by atoms with Crippen LogP contribution in [0.2, 0.25) is 0 Å². The molecule has 0 aliphatic carbocycles. The minimum Gasteiger partial charge on any atom is -0.486 e. The van der Waals surface area contributed by atoms with E-state index in [1.807, 2.05) is 0 Å². The van der Waals surface area contributed by atoms with Crippen LogP contribution < -0.4 is 10.1 Å². The van der Waals surface area contributed by atoms with Crippen LogP contribution in [0, 0.1) is 30.2 Å². The van der Waals surface area contributed by atoms with E-state index in [0.29, 0.717) is 0 Å². The molecule has 106 valence electrons. The average Bonchev–Trinajstić information content (AvgIpc) is 2.37. The minimum atomic E-state index is -1.62. The molecule has 2 N–H and O–H groups in total. The van der Waals surface area contributed by atoms with Gasteiger partial charge in [-0.3, -0.25) is 4.79 Å². The van der Waals surface area contributed by atoms with Crippen LogP contribution >= 0.6 is 0 Å². The molecule has 0 fully saturated rings. The monoisotopic (exact) mass is 281 g/mol. The van der Waals surface area contributed by atoms with Crippen LogP contribution in [0.15, 0.2) is 0 Å². The molecule has 1 rings (SSSR count). The Kier molecular flexibility index (Phi) is 5.11. The molecule has 0 aliphatic rings. The van der Waals surface area contributed by atoms with Crippen LogP contribution in [-0.4, -0.2) is 30.8 Å². The number of hydrogen-bond acceptors (Lipinski definition) is 3. The van der Waals surface area contributed by atoms with E-state index in [4.69, 9.17) is 5.11 Å². The third kappa shape index (κ3) is 3.57. The molecule has 0 bridgehead atoms. The summed E-state index contributed by atoms with van der Waals surface area (Å²) in [5.41, 5.74) is -0.772. The molecule has 0 atom stereocenters. The van der Waals surface area contributed by atoms with Gasteiger partial charge < -0.3 is 15.2 Å². The van der Waals surface area contributed by atoms with E-state index in [1.54, 1.807) is 0 Å². The van der Waals surface area contributed by atoms with Crippen LogP contribution in [0.3, 0.4) is 0 Å². The number of carboxylic acids is 1. The van der Waals surface area contributed by atoms with Gasteiger partial charge in [-0.1, -0.05) is 0 Å². The number of aliphatic carboxylic acids is 1. The summed E-state index contributed by atoms with van der Waals surface area (Å²) >= 11 is 0. The van der Waals surface area contributed by atoms with Crippen molar-refractivity contribution in [3.8, 4) is 5.75 Å². The fourth-order valence-corrected chi connectivity index (χ4v) is 1.27. The van der Waals surface area contributed by atoms with Crippen molar-refractivity contribution in [1.29, 1.82) is 0 Å². The first-order valence-corrected chi connectivity index (χ1v) is 5.24. The van der Waals surface area contributed by atoms with E-state index in [1.165, 1.54) is 0 Å². The highest BCUT2D eigenvalue weighted by Crippen LogP contribution is 2.29. The Labute approximate surface area is 106 Å². The number of carboxylic acid groups (broad SMARTS) is 1. The second-order valence-electron chi connectivity index (χ2n) is 3.63. The number of benzene rings is 1. The molecule has 0 spiro atoms. The third-order valence-electron chi connectivity index (χ3n) is 2.24. The topological polar surface area (TPSA) is 58.6 Å². The van der Waals surface area contributed by atoms with Gasteiger partial charge in [0.1, 0.15) is 6.61 Å². The van der Waals surface area contributed by atoms with Gasteiger partial charge in [0.2, 0.25) is 11.6 Å². The molecule has 8 heteroatoms. The van der Waals surface area contributed by atoms with Crippen molar-refractivity contribution in [3.63, 3.8) is 0 Å². The first-order valence-electron chi connectivity index (χ1n) is 5.24. The lowest BCUT2D eigenvalue weighted by molar-refractivity contribution is -0.135. The molecule has 0 radical (unpaired) electrons. The zero-order chi connectivity index (χ0) is 14.6. The van der Waals surface area contributed by atoms with E-state index >= 15 is 0 Å². The second-order valence-corrected chi connectivity index (χ2v) is 3.63. The number of hydrogen-bond donors (Lipinski definition) is 2. The summed E-state index contributed by atoms with van der Waals surface area (Å²) in [6, 6.07) is 0. The smallest absolute Gasteiger partial charge is 0.317 e. The molecule has 0 saturated carbocycles. The quantitative estimate of drug-likeness (QED) is 0.472.